The number of carbonyl (C=O) groups is 1. The van der Waals surface area contributed by atoms with E-state index in [1.54, 1.807) is 4.90 Å². The number of amides is 2. The zero-order valence-electron chi connectivity index (χ0n) is 14.0. The molecule has 2 aromatic carbocycles. The van der Waals surface area contributed by atoms with Gasteiger partial charge in [-0.1, -0.05) is 0 Å². The molecule has 0 saturated carbocycles. The molecule has 25 heavy (non-hydrogen) atoms. The van der Waals surface area contributed by atoms with Crippen LogP contribution in [0.1, 0.15) is 13.8 Å². The van der Waals surface area contributed by atoms with Crippen LogP contribution >= 0.6 is 0 Å². The van der Waals surface area contributed by atoms with E-state index in [0.29, 0.717) is 18.8 Å². The van der Waals surface area contributed by atoms with Crippen LogP contribution in [-0.2, 0) is 10.0 Å². The molecule has 2 rings (SSSR count). The highest BCUT2D eigenvalue weighted by molar-refractivity contribution is 7.92. The highest BCUT2D eigenvalue weighted by Crippen LogP contribution is 2.18. The smallest absolute Gasteiger partial charge is 0.321 e. The average molecular weight is 365 g/mol. The standard InChI is InChI=1S/C17H20FN3O3S/c1-3-21(4-2)17(22)19-14-9-11-16(12-10-14)25(23,24)20-15-7-5-13(18)6-8-15/h5-12,20H,3-4H2,1-2H3,(H,19,22). The number of sulfonamides is 1. The van der Waals surface area contributed by atoms with Crippen LogP contribution in [0.15, 0.2) is 53.4 Å². The monoisotopic (exact) mass is 365 g/mol. The number of urea groups is 1. The van der Waals surface area contributed by atoms with Crippen molar-refractivity contribution in [2.75, 3.05) is 23.1 Å². The quantitative estimate of drug-likeness (QED) is 0.822. The number of anilines is 2. The normalized spacial score (nSPS) is 11.0. The minimum Gasteiger partial charge on any atom is -0.325 e. The molecule has 0 heterocycles. The molecule has 0 radical (unpaired) electrons. The fourth-order valence-corrected chi connectivity index (χ4v) is 3.22. The Morgan fingerprint density at radius 3 is 2.00 bits per heavy atom. The first-order valence-electron chi connectivity index (χ1n) is 7.80. The molecule has 0 aromatic heterocycles. The maximum absolute atomic E-state index is 12.9. The predicted molar refractivity (Wildman–Crippen MR) is 95.6 cm³/mol. The van der Waals surface area contributed by atoms with E-state index in [2.05, 4.69) is 10.0 Å². The summed E-state index contributed by atoms with van der Waals surface area (Å²) in [7, 11) is -3.79. The Kier molecular flexibility index (Phi) is 5.97. The Balaban J connectivity index is 2.10. The number of rotatable bonds is 6. The summed E-state index contributed by atoms with van der Waals surface area (Å²) in [6.45, 7) is 4.91. The van der Waals surface area contributed by atoms with Crippen molar-refractivity contribution in [3.63, 3.8) is 0 Å². The molecule has 0 spiro atoms. The van der Waals surface area contributed by atoms with Crippen LogP contribution < -0.4 is 10.0 Å². The van der Waals surface area contributed by atoms with Crippen LogP contribution in [0.4, 0.5) is 20.6 Å². The average Bonchev–Trinajstić information content (AvgIpc) is 2.58. The number of hydrogen-bond donors (Lipinski definition) is 2. The number of nitrogens with zero attached hydrogens (tertiary/aromatic N) is 1. The van der Waals surface area contributed by atoms with E-state index in [1.165, 1.54) is 48.5 Å². The van der Waals surface area contributed by atoms with Crippen LogP contribution in [0.25, 0.3) is 0 Å². The Hall–Kier alpha value is -2.61. The first-order valence-corrected chi connectivity index (χ1v) is 9.28. The summed E-state index contributed by atoms with van der Waals surface area (Å²) >= 11 is 0. The molecule has 0 aliphatic carbocycles. The molecular weight excluding hydrogens is 345 g/mol. The molecule has 2 N–H and O–H groups in total. The van der Waals surface area contributed by atoms with Crippen molar-refractivity contribution in [3.05, 3.63) is 54.3 Å². The third kappa shape index (κ3) is 4.93. The van der Waals surface area contributed by atoms with E-state index in [0.717, 1.165) is 0 Å². The number of carbonyl (C=O) groups excluding carboxylic acids is 1. The van der Waals surface area contributed by atoms with Gasteiger partial charge in [0.2, 0.25) is 0 Å². The molecule has 0 aliphatic rings. The summed E-state index contributed by atoms with van der Waals surface area (Å²) in [6.07, 6.45) is 0. The third-order valence-electron chi connectivity index (χ3n) is 3.56. The zero-order valence-corrected chi connectivity index (χ0v) is 14.8. The molecular formula is C17H20FN3O3S. The van der Waals surface area contributed by atoms with Crippen LogP contribution in [0, 0.1) is 5.82 Å². The Labute approximate surface area is 146 Å². The van der Waals surface area contributed by atoms with Gasteiger partial charge in [-0.3, -0.25) is 4.72 Å². The molecule has 0 saturated heterocycles. The van der Waals surface area contributed by atoms with Crippen LogP contribution in [0.5, 0.6) is 0 Å². The molecule has 2 aromatic rings. The lowest BCUT2D eigenvalue weighted by Crippen LogP contribution is -2.34. The van der Waals surface area contributed by atoms with Gasteiger partial charge in [0.15, 0.2) is 0 Å². The van der Waals surface area contributed by atoms with Crippen LogP contribution in [0.2, 0.25) is 0 Å². The van der Waals surface area contributed by atoms with E-state index in [1.807, 2.05) is 13.8 Å². The second-order valence-corrected chi connectivity index (χ2v) is 6.92. The van der Waals surface area contributed by atoms with Gasteiger partial charge in [0.25, 0.3) is 10.0 Å². The molecule has 0 aliphatic heterocycles. The summed E-state index contributed by atoms with van der Waals surface area (Å²) in [5.41, 5.74) is 0.762. The largest absolute Gasteiger partial charge is 0.325 e. The minimum absolute atomic E-state index is 0.0395. The van der Waals surface area contributed by atoms with Crippen LogP contribution in [0.3, 0.4) is 0 Å². The first-order chi connectivity index (χ1) is 11.9. The van der Waals surface area contributed by atoms with Gasteiger partial charge in [0.1, 0.15) is 5.82 Å². The van der Waals surface area contributed by atoms with Crippen molar-refractivity contribution in [2.24, 2.45) is 0 Å². The number of nitrogens with one attached hydrogen (secondary N) is 2. The molecule has 0 unspecified atom stereocenters. The fourth-order valence-electron chi connectivity index (χ4n) is 2.16. The number of benzene rings is 2. The van der Waals surface area contributed by atoms with E-state index >= 15 is 0 Å². The second kappa shape index (κ2) is 7.98. The van der Waals surface area contributed by atoms with E-state index < -0.39 is 15.8 Å². The Bertz CT molecular complexity index is 817. The fraction of sp³-hybridized carbons (Fsp3) is 0.235. The highest BCUT2D eigenvalue weighted by Gasteiger charge is 2.15. The predicted octanol–water partition coefficient (Wildman–Crippen LogP) is 3.50. The lowest BCUT2D eigenvalue weighted by Gasteiger charge is -2.19. The van der Waals surface area contributed by atoms with Gasteiger partial charge in [-0.2, -0.15) is 0 Å². The number of hydrogen-bond acceptors (Lipinski definition) is 3. The highest BCUT2D eigenvalue weighted by atomic mass is 32.2. The molecule has 134 valence electrons. The topological polar surface area (TPSA) is 78.5 Å². The van der Waals surface area contributed by atoms with Gasteiger partial charge in [-0.15, -0.1) is 0 Å². The van der Waals surface area contributed by atoms with Gasteiger partial charge in [-0.05, 0) is 62.4 Å². The van der Waals surface area contributed by atoms with E-state index in [9.17, 15) is 17.6 Å². The summed E-state index contributed by atoms with van der Waals surface area (Å²) in [4.78, 5) is 13.6. The molecule has 0 fully saturated rings. The van der Waals surface area contributed by atoms with Crippen LogP contribution in [-0.4, -0.2) is 32.4 Å². The molecule has 6 nitrogen and oxygen atoms in total. The Morgan fingerprint density at radius 2 is 1.48 bits per heavy atom. The lowest BCUT2D eigenvalue weighted by molar-refractivity contribution is 0.217. The summed E-state index contributed by atoms with van der Waals surface area (Å²) in [5, 5.41) is 2.71. The zero-order chi connectivity index (χ0) is 18.4. The van der Waals surface area contributed by atoms with E-state index in [4.69, 9.17) is 0 Å². The molecule has 2 amide bonds. The molecule has 0 atom stereocenters. The lowest BCUT2D eigenvalue weighted by atomic mass is 10.3. The summed E-state index contributed by atoms with van der Waals surface area (Å²) in [6, 6.07) is 10.6. The molecule has 0 bridgehead atoms. The van der Waals surface area contributed by atoms with E-state index in [-0.39, 0.29) is 16.6 Å². The maximum Gasteiger partial charge on any atom is 0.321 e. The third-order valence-corrected chi connectivity index (χ3v) is 4.96. The first kappa shape index (κ1) is 18.7. The van der Waals surface area contributed by atoms with Gasteiger partial charge in [0, 0.05) is 24.5 Å². The van der Waals surface area contributed by atoms with Crippen molar-refractivity contribution < 1.29 is 17.6 Å². The van der Waals surface area contributed by atoms with Crippen molar-refractivity contribution in [1.82, 2.24) is 4.90 Å². The van der Waals surface area contributed by atoms with Gasteiger partial charge in [-0.25, -0.2) is 17.6 Å². The SMILES string of the molecule is CCN(CC)C(=O)Nc1ccc(S(=O)(=O)Nc2ccc(F)cc2)cc1. The number of halogens is 1. The van der Waals surface area contributed by atoms with Gasteiger partial charge < -0.3 is 10.2 Å². The second-order valence-electron chi connectivity index (χ2n) is 5.24. The Morgan fingerprint density at radius 1 is 0.960 bits per heavy atom. The van der Waals surface area contributed by atoms with Crippen molar-refractivity contribution in [1.29, 1.82) is 0 Å². The van der Waals surface area contributed by atoms with Crippen molar-refractivity contribution in [3.8, 4) is 0 Å². The maximum atomic E-state index is 12.9. The van der Waals surface area contributed by atoms with Crippen molar-refractivity contribution in [2.45, 2.75) is 18.7 Å². The minimum atomic E-state index is -3.79. The molecule has 8 heteroatoms. The van der Waals surface area contributed by atoms with Gasteiger partial charge >= 0.3 is 6.03 Å². The summed E-state index contributed by atoms with van der Waals surface area (Å²) in [5.74, 6) is -0.448. The van der Waals surface area contributed by atoms with Gasteiger partial charge in [0.05, 0.1) is 4.90 Å². The summed E-state index contributed by atoms with van der Waals surface area (Å²) < 4.78 is 39.9. The van der Waals surface area contributed by atoms with Crippen molar-refractivity contribution >= 4 is 27.4 Å².